The van der Waals surface area contributed by atoms with Gasteiger partial charge in [-0.25, -0.2) is 4.98 Å². The lowest BCUT2D eigenvalue weighted by atomic mass is 10.3. The fourth-order valence-corrected chi connectivity index (χ4v) is 2.20. The number of hydrogen-bond acceptors (Lipinski definition) is 4. The highest BCUT2D eigenvalue weighted by Crippen LogP contribution is 2.15. The van der Waals surface area contributed by atoms with Gasteiger partial charge < -0.3 is 9.51 Å². The molecule has 0 aliphatic heterocycles. The second kappa shape index (κ2) is 4.06. The Kier molecular flexibility index (Phi) is 2.52. The lowest BCUT2D eigenvalue weighted by molar-refractivity contribution is 0.373. The average molecular weight is 260 g/mol. The van der Waals surface area contributed by atoms with E-state index in [-0.39, 0.29) is 0 Å². The summed E-state index contributed by atoms with van der Waals surface area (Å²) in [7, 11) is 0. The van der Waals surface area contributed by atoms with Crippen molar-refractivity contribution in [1.29, 1.82) is 0 Å². The molecule has 0 aliphatic carbocycles. The third-order valence-corrected chi connectivity index (χ3v) is 3.06. The van der Waals surface area contributed by atoms with E-state index in [4.69, 9.17) is 16.7 Å². The van der Waals surface area contributed by atoms with Gasteiger partial charge >= 0.3 is 0 Å². The third kappa shape index (κ3) is 1.84. The van der Waals surface area contributed by atoms with E-state index in [2.05, 4.69) is 15.1 Å². The van der Waals surface area contributed by atoms with Gasteiger partial charge in [0.1, 0.15) is 0 Å². The van der Waals surface area contributed by atoms with Crippen LogP contribution < -0.4 is 0 Å². The molecule has 0 atom stereocenters. The van der Waals surface area contributed by atoms with E-state index < -0.39 is 0 Å². The number of nitrogens with zero attached hydrogens (tertiary/aromatic N) is 3. The molecule has 92 valence electrons. The van der Waals surface area contributed by atoms with Crippen molar-refractivity contribution >= 4 is 23.4 Å². The van der Waals surface area contributed by atoms with Crippen LogP contribution in [0, 0.1) is 18.6 Å². The van der Waals surface area contributed by atoms with E-state index in [1.807, 2.05) is 36.7 Å². The molecule has 0 bridgehead atoms. The molecule has 0 spiro atoms. The van der Waals surface area contributed by atoms with Gasteiger partial charge in [0.15, 0.2) is 16.2 Å². The molecule has 0 aromatic carbocycles. The molecule has 3 heterocycles. The van der Waals surface area contributed by atoms with Gasteiger partial charge in [-0.15, -0.1) is 0 Å². The Morgan fingerprint density at radius 1 is 1.39 bits per heavy atom. The summed E-state index contributed by atoms with van der Waals surface area (Å²) in [5, 5.41) is 3.87. The van der Waals surface area contributed by atoms with Crippen molar-refractivity contribution in [3.8, 4) is 0 Å². The van der Waals surface area contributed by atoms with Gasteiger partial charge in [-0.2, -0.15) is 0 Å². The monoisotopic (exact) mass is 260 g/mol. The number of imidazole rings is 1. The van der Waals surface area contributed by atoms with Crippen LogP contribution in [0.3, 0.4) is 0 Å². The van der Waals surface area contributed by atoms with Crippen LogP contribution in [0.4, 0.5) is 0 Å². The van der Waals surface area contributed by atoms with Crippen LogP contribution in [-0.4, -0.2) is 19.7 Å². The van der Waals surface area contributed by atoms with Crippen LogP contribution in [0.5, 0.6) is 0 Å². The van der Waals surface area contributed by atoms with E-state index in [0.717, 1.165) is 28.2 Å². The summed E-state index contributed by atoms with van der Waals surface area (Å²) in [6.45, 7) is 4.43. The first-order chi connectivity index (χ1) is 8.63. The van der Waals surface area contributed by atoms with Crippen molar-refractivity contribution < 1.29 is 4.52 Å². The van der Waals surface area contributed by atoms with Crippen LogP contribution in [0.15, 0.2) is 22.9 Å². The smallest absolute Gasteiger partial charge is 0.179 e. The Balaban J connectivity index is 2.11. The Morgan fingerprint density at radius 2 is 2.22 bits per heavy atom. The summed E-state index contributed by atoms with van der Waals surface area (Å²) >= 11 is 5.31. The minimum Gasteiger partial charge on any atom is -0.359 e. The molecule has 0 fully saturated rings. The molecule has 3 rings (SSSR count). The summed E-state index contributed by atoms with van der Waals surface area (Å²) in [5.41, 5.74) is 3.73. The predicted octanol–water partition coefficient (Wildman–Crippen LogP) is 2.75. The molecule has 3 aromatic heterocycles. The molecule has 5 nitrogen and oxygen atoms in total. The van der Waals surface area contributed by atoms with Gasteiger partial charge in [0, 0.05) is 12.3 Å². The zero-order valence-corrected chi connectivity index (χ0v) is 10.9. The molecule has 3 aromatic rings. The van der Waals surface area contributed by atoms with Crippen molar-refractivity contribution in [3.05, 3.63) is 40.1 Å². The van der Waals surface area contributed by atoms with Gasteiger partial charge in [0.05, 0.1) is 17.8 Å². The SMILES string of the molecule is Cc1cnc2c(c1)[nH]c(=S)n2Cc1cc(C)no1. The molecule has 18 heavy (non-hydrogen) atoms. The van der Waals surface area contributed by atoms with E-state index >= 15 is 0 Å². The van der Waals surface area contributed by atoms with E-state index in [9.17, 15) is 0 Å². The van der Waals surface area contributed by atoms with Crippen LogP contribution in [0.25, 0.3) is 11.2 Å². The first-order valence-corrected chi connectivity index (χ1v) is 6.01. The first kappa shape index (κ1) is 11.2. The van der Waals surface area contributed by atoms with Crippen molar-refractivity contribution in [3.63, 3.8) is 0 Å². The van der Waals surface area contributed by atoms with Gasteiger partial charge in [-0.05, 0) is 37.7 Å². The fourth-order valence-electron chi connectivity index (χ4n) is 1.94. The fraction of sp³-hybridized carbons (Fsp3) is 0.250. The van der Waals surface area contributed by atoms with Crippen LogP contribution in [0.1, 0.15) is 17.0 Å². The van der Waals surface area contributed by atoms with E-state index in [0.29, 0.717) is 11.3 Å². The number of hydrogen-bond donors (Lipinski definition) is 1. The van der Waals surface area contributed by atoms with Crippen molar-refractivity contribution in [1.82, 2.24) is 19.7 Å². The van der Waals surface area contributed by atoms with Crippen LogP contribution in [0.2, 0.25) is 0 Å². The first-order valence-electron chi connectivity index (χ1n) is 5.61. The number of fused-ring (bicyclic) bond motifs is 1. The van der Waals surface area contributed by atoms with Crippen molar-refractivity contribution in [2.45, 2.75) is 20.4 Å². The summed E-state index contributed by atoms with van der Waals surface area (Å²) in [6, 6.07) is 3.93. The molecular formula is C12H12N4OS. The van der Waals surface area contributed by atoms with Gasteiger partial charge in [-0.3, -0.25) is 4.57 Å². The van der Waals surface area contributed by atoms with Gasteiger partial charge in [-0.1, -0.05) is 5.16 Å². The highest BCUT2D eigenvalue weighted by Gasteiger charge is 2.09. The minimum atomic E-state index is 0.537. The summed E-state index contributed by atoms with van der Waals surface area (Å²) in [4.78, 5) is 7.56. The molecule has 0 aliphatic rings. The lowest BCUT2D eigenvalue weighted by Crippen LogP contribution is -1.99. The Bertz CT molecular complexity index is 768. The van der Waals surface area contributed by atoms with Gasteiger partial charge in [0.25, 0.3) is 0 Å². The molecule has 0 saturated carbocycles. The molecule has 0 saturated heterocycles. The second-order valence-electron chi connectivity index (χ2n) is 4.33. The van der Waals surface area contributed by atoms with E-state index in [1.165, 1.54) is 0 Å². The number of aromatic nitrogens is 4. The van der Waals surface area contributed by atoms with E-state index in [1.54, 1.807) is 0 Å². The number of H-pyrrole nitrogens is 1. The third-order valence-electron chi connectivity index (χ3n) is 2.74. The predicted molar refractivity (Wildman–Crippen MR) is 70.0 cm³/mol. The maximum Gasteiger partial charge on any atom is 0.179 e. The Morgan fingerprint density at radius 3 is 2.94 bits per heavy atom. The maximum atomic E-state index is 5.31. The van der Waals surface area contributed by atoms with Gasteiger partial charge in [0.2, 0.25) is 0 Å². The number of nitrogens with one attached hydrogen (secondary N) is 1. The van der Waals surface area contributed by atoms with Crippen LogP contribution in [-0.2, 0) is 6.54 Å². The second-order valence-corrected chi connectivity index (χ2v) is 4.72. The summed E-state index contributed by atoms with van der Waals surface area (Å²) in [5.74, 6) is 0.770. The summed E-state index contributed by atoms with van der Waals surface area (Å²) in [6.07, 6.45) is 1.83. The maximum absolute atomic E-state index is 5.31. The van der Waals surface area contributed by atoms with Crippen molar-refractivity contribution in [2.75, 3.05) is 0 Å². The topological polar surface area (TPSA) is 59.6 Å². The zero-order chi connectivity index (χ0) is 12.7. The Labute approximate surface area is 108 Å². The normalized spacial score (nSPS) is 11.2. The summed E-state index contributed by atoms with van der Waals surface area (Å²) < 4.78 is 7.75. The molecule has 6 heteroatoms. The highest BCUT2D eigenvalue weighted by molar-refractivity contribution is 7.71. The standard InChI is InChI=1S/C12H12N4OS/c1-7-3-10-11(13-5-7)16(12(18)14-10)6-9-4-8(2)15-17-9/h3-5H,6H2,1-2H3,(H,14,18). The molecule has 0 unspecified atom stereocenters. The highest BCUT2D eigenvalue weighted by atomic mass is 32.1. The zero-order valence-electron chi connectivity index (χ0n) is 10.1. The largest absolute Gasteiger partial charge is 0.359 e. The molecule has 1 N–H and O–H groups in total. The Hall–Kier alpha value is -1.95. The number of pyridine rings is 1. The van der Waals surface area contributed by atoms with Crippen LogP contribution >= 0.6 is 12.2 Å². The minimum absolute atomic E-state index is 0.537. The number of rotatable bonds is 2. The molecule has 0 radical (unpaired) electrons. The number of aromatic amines is 1. The quantitative estimate of drug-likeness (QED) is 0.720. The molecule has 0 amide bonds. The van der Waals surface area contributed by atoms with Crippen molar-refractivity contribution in [2.24, 2.45) is 0 Å². The average Bonchev–Trinajstić information content (AvgIpc) is 2.84. The lowest BCUT2D eigenvalue weighted by Gasteiger charge is -2.00. The molecular weight excluding hydrogens is 248 g/mol. The number of aryl methyl sites for hydroxylation is 2.